The van der Waals surface area contributed by atoms with Gasteiger partial charge in [0.1, 0.15) is 5.75 Å². The summed E-state index contributed by atoms with van der Waals surface area (Å²) >= 11 is 0. The molecule has 1 aromatic carbocycles. The van der Waals surface area contributed by atoms with Crippen LogP contribution in [0.1, 0.15) is 25.3 Å². The molecular weight excluding hydrogens is 204 g/mol. The van der Waals surface area contributed by atoms with Gasteiger partial charge in [0.25, 0.3) is 0 Å². The van der Waals surface area contributed by atoms with Crippen LogP contribution in [0.2, 0.25) is 0 Å². The molecule has 1 aromatic rings. The number of carboxylic acid groups (broad SMARTS) is 1. The topological polar surface area (TPSA) is 57.5 Å². The van der Waals surface area contributed by atoms with E-state index in [9.17, 15) is 4.79 Å². The summed E-state index contributed by atoms with van der Waals surface area (Å²) in [6, 6.07) is 6.47. The van der Waals surface area contributed by atoms with E-state index in [0.717, 1.165) is 5.56 Å². The van der Waals surface area contributed by atoms with Crippen molar-refractivity contribution in [3.8, 4) is 17.6 Å². The van der Waals surface area contributed by atoms with Crippen molar-refractivity contribution in [3.05, 3.63) is 29.8 Å². The zero-order valence-corrected chi connectivity index (χ0v) is 9.27. The van der Waals surface area contributed by atoms with Gasteiger partial charge in [0, 0.05) is 0 Å². The van der Waals surface area contributed by atoms with Crippen LogP contribution in [0.4, 0.5) is 0 Å². The van der Waals surface area contributed by atoms with Crippen LogP contribution in [0, 0.1) is 17.8 Å². The monoisotopic (exact) mass is 218 g/mol. The van der Waals surface area contributed by atoms with Gasteiger partial charge in [-0.3, -0.25) is 4.79 Å². The summed E-state index contributed by atoms with van der Waals surface area (Å²) in [6.07, 6.45) is 0. The highest BCUT2D eigenvalue weighted by atomic mass is 16.4. The molecule has 0 heterocycles. The number of benzene rings is 1. The number of phenols is 1. The largest absolute Gasteiger partial charge is 0.508 e. The molecule has 1 rings (SSSR count). The van der Waals surface area contributed by atoms with Crippen molar-refractivity contribution in [1.82, 2.24) is 0 Å². The highest BCUT2D eigenvalue weighted by Gasteiger charge is 2.23. The molecule has 84 valence electrons. The second-order valence-electron chi connectivity index (χ2n) is 3.59. The quantitative estimate of drug-likeness (QED) is 0.765. The fourth-order valence-electron chi connectivity index (χ4n) is 1.48. The molecule has 2 N–H and O–H groups in total. The average molecular weight is 218 g/mol. The Bertz CT molecular complexity index is 423. The molecule has 0 amide bonds. The summed E-state index contributed by atoms with van der Waals surface area (Å²) in [4.78, 5) is 10.9. The Kier molecular flexibility index (Phi) is 3.96. The Morgan fingerprint density at radius 3 is 2.31 bits per heavy atom. The van der Waals surface area contributed by atoms with E-state index in [1.807, 2.05) is 0 Å². The number of carboxylic acids is 1. The molecule has 0 saturated heterocycles. The minimum Gasteiger partial charge on any atom is -0.508 e. The first-order valence-electron chi connectivity index (χ1n) is 5.00. The van der Waals surface area contributed by atoms with Crippen molar-refractivity contribution in [1.29, 1.82) is 0 Å². The molecule has 0 aromatic heterocycles. The van der Waals surface area contributed by atoms with E-state index >= 15 is 0 Å². The van der Waals surface area contributed by atoms with Crippen molar-refractivity contribution in [2.45, 2.75) is 19.8 Å². The molecule has 16 heavy (non-hydrogen) atoms. The molecule has 2 unspecified atom stereocenters. The maximum atomic E-state index is 10.9. The predicted molar refractivity (Wildman–Crippen MR) is 61.1 cm³/mol. The second-order valence-corrected chi connectivity index (χ2v) is 3.59. The average Bonchev–Trinajstić information content (AvgIpc) is 2.26. The van der Waals surface area contributed by atoms with Gasteiger partial charge < -0.3 is 10.2 Å². The number of phenolic OH excluding ortho intramolecular Hbond substituents is 1. The third-order valence-corrected chi connectivity index (χ3v) is 2.44. The van der Waals surface area contributed by atoms with Crippen LogP contribution < -0.4 is 0 Å². The van der Waals surface area contributed by atoms with E-state index in [0.29, 0.717) is 0 Å². The predicted octanol–water partition coefficient (Wildman–Crippen LogP) is 2.22. The van der Waals surface area contributed by atoms with Crippen molar-refractivity contribution in [2.24, 2.45) is 5.92 Å². The zero-order chi connectivity index (χ0) is 12.1. The van der Waals surface area contributed by atoms with Crippen molar-refractivity contribution >= 4 is 5.97 Å². The summed E-state index contributed by atoms with van der Waals surface area (Å²) < 4.78 is 0. The molecule has 3 nitrogen and oxygen atoms in total. The minimum absolute atomic E-state index is 0.162. The summed E-state index contributed by atoms with van der Waals surface area (Å²) in [5, 5.41) is 18.1. The lowest BCUT2D eigenvalue weighted by Gasteiger charge is -2.15. The molecule has 0 saturated carbocycles. The van der Waals surface area contributed by atoms with E-state index in [1.54, 1.807) is 26.0 Å². The Morgan fingerprint density at radius 2 is 1.88 bits per heavy atom. The number of aromatic hydroxyl groups is 1. The molecule has 0 spiro atoms. The molecule has 0 fully saturated rings. The number of aliphatic carboxylic acids is 1. The Hall–Kier alpha value is -1.95. The first kappa shape index (κ1) is 12.1. The van der Waals surface area contributed by atoms with E-state index in [1.165, 1.54) is 12.1 Å². The van der Waals surface area contributed by atoms with Crippen LogP contribution in [0.5, 0.6) is 5.75 Å². The summed E-state index contributed by atoms with van der Waals surface area (Å²) in [7, 11) is 0. The lowest BCUT2D eigenvalue weighted by molar-refractivity contribution is -0.141. The van der Waals surface area contributed by atoms with E-state index < -0.39 is 11.9 Å². The van der Waals surface area contributed by atoms with Crippen LogP contribution in [0.25, 0.3) is 0 Å². The van der Waals surface area contributed by atoms with Gasteiger partial charge in [0.15, 0.2) is 0 Å². The SMILES string of the molecule is CC#CC(c1ccc(O)cc1)C(C)C(=O)O. The van der Waals surface area contributed by atoms with Crippen molar-refractivity contribution in [3.63, 3.8) is 0 Å². The number of rotatable bonds is 3. The molecule has 0 aliphatic rings. The first-order valence-corrected chi connectivity index (χ1v) is 5.00. The molecule has 0 aliphatic heterocycles. The third-order valence-electron chi connectivity index (χ3n) is 2.44. The summed E-state index contributed by atoms with van der Waals surface area (Å²) in [5.74, 6) is 4.00. The Morgan fingerprint density at radius 1 is 1.31 bits per heavy atom. The van der Waals surface area contributed by atoms with E-state index in [4.69, 9.17) is 10.2 Å². The van der Waals surface area contributed by atoms with Gasteiger partial charge in [0.05, 0.1) is 11.8 Å². The molecule has 0 radical (unpaired) electrons. The fraction of sp³-hybridized carbons (Fsp3) is 0.308. The maximum Gasteiger partial charge on any atom is 0.307 e. The van der Waals surface area contributed by atoms with E-state index in [-0.39, 0.29) is 11.7 Å². The van der Waals surface area contributed by atoms with Gasteiger partial charge in [-0.15, -0.1) is 5.92 Å². The van der Waals surface area contributed by atoms with Gasteiger partial charge in [-0.2, -0.15) is 0 Å². The van der Waals surface area contributed by atoms with E-state index in [2.05, 4.69) is 11.8 Å². The van der Waals surface area contributed by atoms with Crippen LogP contribution in [0.3, 0.4) is 0 Å². The minimum atomic E-state index is -0.874. The van der Waals surface area contributed by atoms with Gasteiger partial charge in [-0.1, -0.05) is 25.0 Å². The fourth-order valence-corrected chi connectivity index (χ4v) is 1.48. The maximum absolute atomic E-state index is 10.9. The number of hydrogen-bond donors (Lipinski definition) is 2. The summed E-state index contributed by atoms with van der Waals surface area (Å²) in [6.45, 7) is 3.31. The lowest BCUT2D eigenvalue weighted by Crippen LogP contribution is -2.17. The lowest BCUT2D eigenvalue weighted by atomic mass is 9.88. The molecule has 3 heteroatoms. The molecular formula is C13H14O3. The van der Waals surface area contributed by atoms with Crippen molar-refractivity contribution in [2.75, 3.05) is 0 Å². The Labute approximate surface area is 94.7 Å². The van der Waals surface area contributed by atoms with Gasteiger partial charge in [-0.05, 0) is 24.6 Å². The third kappa shape index (κ3) is 2.77. The highest BCUT2D eigenvalue weighted by Crippen LogP contribution is 2.25. The van der Waals surface area contributed by atoms with Crippen LogP contribution in [-0.4, -0.2) is 16.2 Å². The van der Waals surface area contributed by atoms with Gasteiger partial charge in [-0.25, -0.2) is 0 Å². The van der Waals surface area contributed by atoms with Gasteiger partial charge in [0.2, 0.25) is 0 Å². The molecule has 0 aliphatic carbocycles. The van der Waals surface area contributed by atoms with Gasteiger partial charge >= 0.3 is 5.97 Å². The second kappa shape index (κ2) is 5.22. The van der Waals surface area contributed by atoms with Crippen LogP contribution in [-0.2, 0) is 4.79 Å². The van der Waals surface area contributed by atoms with Crippen LogP contribution >= 0.6 is 0 Å². The number of hydrogen-bond acceptors (Lipinski definition) is 2. The van der Waals surface area contributed by atoms with Crippen molar-refractivity contribution < 1.29 is 15.0 Å². The standard InChI is InChI=1S/C13H14O3/c1-3-4-12(9(2)13(15)16)10-5-7-11(14)8-6-10/h5-9,12,14H,1-2H3,(H,15,16). The smallest absolute Gasteiger partial charge is 0.307 e. The molecule has 2 atom stereocenters. The Balaban J connectivity index is 3.05. The normalized spacial score (nSPS) is 13.4. The summed E-state index contributed by atoms with van der Waals surface area (Å²) in [5.41, 5.74) is 0.807. The number of carbonyl (C=O) groups is 1. The first-order chi connectivity index (χ1) is 7.56. The van der Waals surface area contributed by atoms with Crippen LogP contribution in [0.15, 0.2) is 24.3 Å². The highest BCUT2D eigenvalue weighted by molar-refractivity contribution is 5.71. The molecule has 0 bridgehead atoms. The zero-order valence-electron chi connectivity index (χ0n) is 9.27.